The van der Waals surface area contributed by atoms with Gasteiger partial charge in [-0.1, -0.05) is 30.3 Å². The fourth-order valence-corrected chi connectivity index (χ4v) is 3.04. The standard InChI is InChI=1S/C22H24N2O3/c1-24(13-12-16-6-4-3-5-7-16)21(25)11-8-17-14-18-15-19(27-2)9-10-20(18)23-22(17)26/h3-7,9-10,14-15H,8,11-13H2,1-2H3,(H,23,26). The van der Waals surface area contributed by atoms with Crippen LogP contribution in [0.2, 0.25) is 0 Å². The van der Waals surface area contributed by atoms with Crippen molar-refractivity contribution in [3.63, 3.8) is 0 Å². The molecular weight excluding hydrogens is 340 g/mol. The van der Waals surface area contributed by atoms with E-state index in [0.29, 0.717) is 24.9 Å². The van der Waals surface area contributed by atoms with E-state index >= 15 is 0 Å². The summed E-state index contributed by atoms with van der Waals surface area (Å²) in [6.45, 7) is 0.661. The molecule has 0 aliphatic rings. The van der Waals surface area contributed by atoms with Crippen LogP contribution in [0.5, 0.6) is 5.75 Å². The molecule has 0 aliphatic heterocycles. The summed E-state index contributed by atoms with van der Waals surface area (Å²) in [6.07, 6.45) is 1.54. The van der Waals surface area contributed by atoms with Crippen molar-refractivity contribution in [3.05, 3.63) is 76.1 Å². The van der Waals surface area contributed by atoms with E-state index in [2.05, 4.69) is 17.1 Å². The van der Waals surface area contributed by atoms with Gasteiger partial charge in [0.1, 0.15) is 5.75 Å². The largest absolute Gasteiger partial charge is 0.497 e. The number of likely N-dealkylation sites (N-methyl/N-ethyl adjacent to an activating group) is 1. The summed E-state index contributed by atoms with van der Waals surface area (Å²) >= 11 is 0. The van der Waals surface area contributed by atoms with E-state index in [0.717, 1.165) is 23.1 Å². The highest BCUT2D eigenvalue weighted by atomic mass is 16.5. The maximum atomic E-state index is 12.4. The third-order valence-corrected chi connectivity index (χ3v) is 4.74. The van der Waals surface area contributed by atoms with Crippen LogP contribution in [0.3, 0.4) is 0 Å². The molecule has 0 aliphatic carbocycles. The number of ether oxygens (including phenoxy) is 1. The Morgan fingerprint density at radius 3 is 2.59 bits per heavy atom. The predicted molar refractivity (Wildman–Crippen MR) is 107 cm³/mol. The number of aryl methyl sites for hydroxylation is 1. The fraction of sp³-hybridized carbons (Fsp3) is 0.273. The SMILES string of the molecule is COc1ccc2[nH]c(=O)c(CCC(=O)N(C)CCc3ccccc3)cc2c1. The lowest BCUT2D eigenvalue weighted by Crippen LogP contribution is -2.29. The van der Waals surface area contributed by atoms with Gasteiger partial charge in [0, 0.05) is 36.5 Å². The molecule has 0 saturated heterocycles. The van der Waals surface area contributed by atoms with Crippen LogP contribution in [0.25, 0.3) is 10.9 Å². The molecule has 0 spiro atoms. The zero-order valence-corrected chi connectivity index (χ0v) is 15.7. The van der Waals surface area contributed by atoms with E-state index in [1.54, 1.807) is 19.1 Å². The average Bonchev–Trinajstić information content (AvgIpc) is 2.70. The number of rotatable bonds is 7. The van der Waals surface area contributed by atoms with Crippen molar-refractivity contribution in [2.24, 2.45) is 0 Å². The van der Waals surface area contributed by atoms with Gasteiger partial charge in [0.05, 0.1) is 7.11 Å². The summed E-state index contributed by atoms with van der Waals surface area (Å²) in [6, 6.07) is 17.4. The molecule has 0 unspecified atom stereocenters. The molecule has 0 saturated carbocycles. The van der Waals surface area contributed by atoms with Crippen molar-refractivity contribution in [1.82, 2.24) is 9.88 Å². The smallest absolute Gasteiger partial charge is 0.251 e. The van der Waals surface area contributed by atoms with Crippen molar-refractivity contribution in [3.8, 4) is 5.75 Å². The van der Waals surface area contributed by atoms with Gasteiger partial charge >= 0.3 is 0 Å². The van der Waals surface area contributed by atoms with Crippen molar-refractivity contribution < 1.29 is 9.53 Å². The first-order valence-electron chi connectivity index (χ1n) is 9.04. The van der Waals surface area contributed by atoms with E-state index < -0.39 is 0 Å². The van der Waals surface area contributed by atoms with Crippen molar-refractivity contribution in [1.29, 1.82) is 0 Å². The van der Waals surface area contributed by atoms with Gasteiger partial charge in [0.15, 0.2) is 0 Å². The molecule has 1 heterocycles. The minimum absolute atomic E-state index is 0.0380. The molecule has 27 heavy (non-hydrogen) atoms. The number of carbonyl (C=O) groups excluding carboxylic acids is 1. The van der Waals surface area contributed by atoms with Crippen molar-refractivity contribution in [2.45, 2.75) is 19.3 Å². The van der Waals surface area contributed by atoms with E-state index in [1.807, 2.05) is 42.5 Å². The number of fused-ring (bicyclic) bond motifs is 1. The number of methoxy groups -OCH3 is 1. The summed E-state index contributed by atoms with van der Waals surface area (Å²) in [5.74, 6) is 0.772. The number of carbonyl (C=O) groups is 1. The Kier molecular flexibility index (Phi) is 5.91. The highest BCUT2D eigenvalue weighted by Gasteiger charge is 2.11. The highest BCUT2D eigenvalue weighted by molar-refractivity contribution is 5.81. The van der Waals surface area contributed by atoms with Crippen LogP contribution in [0, 0.1) is 0 Å². The fourth-order valence-electron chi connectivity index (χ4n) is 3.04. The van der Waals surface area contributed by atoms with Gasteiger partial charge in [-0.2, -0.15) is 0 Å². The lowest BCUT2D eigenvalue weighted by molar-refractivity contribution is -0.129. The van der Waals surface area contributed by atoms with Gasteiger partial charge < -0.3 is 14.6 Å². The molecule has 0 fully saturated rings. The Morgan fingerprint density at radius 2 is 1.85 bits per heavy atom. The van der Waals surface area contributed by atoms with Crippen molar-refractivity contribution in [2.75, 3.05) is 20.7 Å². The minimum atomic E-state index is -0.146. The van der Waals surface area contributed by atoms with E-state index in [4.69, 9.17) is 4.74 Å². The molecule has 0 radical (unpaired) electrons. The zero-order chi connectivity index (χ0) is 19.2. The van der Waals surface area contributed by atoms with Crippen LogP contribution in [-0.2, 0) is 17.6 Å². The van der Waals surface area contributed by atoms with Gasteiger partial charge in [-0.25, -0.2) is 0 Å². The number of aromatic nitrogens is 1. The molecule has 3 aromatic rings. The summed E-state index contributed by atoms with van der Waals surface area (Å²) in [5.41, 5.74) is 2.43. The third kappa shape index (κ3) is 4.76. The van der Waals surface area contributed by atoms with Crippen LogP contribution in [0.15, 0.2) is 59.4 Å². The molecule has 1 aromatic heterocycles. The number of pyridine rings is 1. The number of amides is 1. The quantitative estimate of drug-likeness (QED) is 0.700. The predicted octanol–water partition coefficient (Wildman–Crippen LogP) is 3.17. The van der Waals surface area contributed by atoms with E-state index in [-0.39, 0.29) is 11.5 Å². The summed E-state index contributed by atoms with van der Waals surface area (Å²) in [5, 5.41) is 0.897. The molecule has 0 atom stereocenters. The Labute approximate surface area is 158 Å². The first-order valence-corrected chi connectivity index (χ1v) is 9.04. The van der Waals surface area contributed by atoms with Gasteiger partial charge in [0.2, 0.25) is 5.91 Å². The van der Waals surface area contributed by atoms with Crippen LogP contribution in [0.4, 0.5) is 0 Å². The minimum Gasteiger partial charge on any atom is -0.497 e. The molecule has 0 bridgehead atoms. The Bertz CT molecular complexity index is 980. The molecule has 140 valence electrons. The number of H-pyrrole nitrogens is 1. The molecule has 2 aromatic carbocycles. The molecule has 5 nitrogen and oxygen atoms in total. The van der Waals surface area contributed by atoms with Crippen LogP contribution < -0.4 is 10.3 Å². The number of benzene rings is 2. The first kappa shape index (κ1) is 18.7. The summed E-state index contributed by atoms with van der Waals surface area (Å²) in [7, 11) is 3.42. The molecule has 1 amide bonds. The second kappa shape index (κ2) is 8.54. The number of hydrogen-bond acceptors (Lipinski definition) is 3. The topological polar surface area (TPSA) is 62.4 Å². The van der Waals surface area contributed by atoms with Gasteiger partial charge in [-0.3, -0.25) is 9.59 Å². The zero-order valence-electron chi connectivity index (χ0n) is 15.7. The number of hydrogen-bond donors (Lipinski definition) is 1. The van der Waals surface area contributed by atoms with E-state index in [1.165, 1.54) is 5.56 Å². The van der Waals surface area contributed by atoms with Crippen LogP contribution in [-0.4, -0.2) is 36.5 Å². The average molecular weight is 364 g/mol. The monoisotopic (exact) mass is 364 g/mol. The molecule has 1 N–H and O–H groups in total. The molecular formula is C22H24N2O3. The maximum absolute atomic E-state index is 12.4. The normalized spacial score (nSPS) is 10.7. The maximum Gasteiger partial charge on any atom is 0.251 e. The second-order valence-electron chi connectivity index (χ2n) is 6.63. The number of nitrogens with one attached hydrogen (secondary N) is 1. The van der Waals surface area contributed by atoms with Gasteiger partial charge in [-0.15, -0.1) is 0 Å². The molecule has 5 heteroatoms. The lowest BCUT2D eigenvalue weighted by atomic mass is 10.1. The van der Waals surface area contributed by atoms with Gasteiger partial charge in [0.25, 0.3) is 5.56 Å². The van der Waals surface area contributed by atoms with Crippen molar-refractivity contribution >= 4 is 16.8 Å². The van der Waals surface area contributed by atoms with E-state index in [9.17, 15) is 9.59 Å². The highest BCUT2D eigenvalue weighted by Crippen LogP contribution is 2.19. The van der Waals surface area contributed by atoms with Gasteiger partial charge in [-0.05, 0) is 42.7 Å². The number of aromatic amines is 1. The first-order chi connectivity index (χ1) is 13.1. The third-order valence-electron chi connectivity index (χ3n) is 4.74. The van der Waals surface area contributed by atoms with Crippen LogP contribution >= 0.6 is 0 Å². The Morgan fingerprint density at radius 1 is 1.07 bits per heavy atom. The Hall–Kier alpha value is -3.08. The number of nitrogens with zero attached hydrogens (tertiary/aromatic N) is 1. The lowest BCUT2D eigenvalue weighted by Gasteiger charge is -2.17. The summed E-state index contributed by atoms with van der Waals surface area (Å²) < 4.78 is 5.23. The second-order valence-corrected chi connectivity index (χ2v) is 6.63. The molecule has 3 rings (SSSR count). The Balaban J connectivity index is 1.62. The van der Waals surface area contributed by atoms with Crippen LogP contribution in [0.1, 0.15) is 17.5 Å². The summed E-state index contributed by atoms with van der Waals surface area (Å²) in [4.78, 5) is 29.3.